The summed E-state index contributed by atoms with van der Waals surface area (Å²) in [7, 11) is 0. The fraction of sp³-hybridized carbons (Fsp3) is 0.583. The van der Waals surface area contributed by atoms with Crippen molar-refractivity contribution < 1.29 is 0 Å². The third-order valence-corrected chi connectivity index (χ3v) is 3.10. The van der Waals surface area contributed by atoms with Crippen LogP contribution in [-0.2, 0) is 0 Å². The molecule has 0 nitrogen and oxygen atoms in total. The number of rotatable bonds is 1. The largest absolute Gasteiger partial charge is 0.0699 e. The van der Waals surface area contributed by atoms with E-state index in [1.165, 1.54) is 32.1 Å². The Labute approximate surface area is 75.4 Å². The highest BCUT2D eigenvalue weighted by molar-refractivity contribution is 5.54. The Morgan fingerprint density at radius 3 is 2.50 bits per heavy atom. The van der Waals surface area contributed by atoms with E-state index in [0.29, 0.717) is 0 Å². The van der Waals surface area contributed by atoms with Crippen LogP contribution in [0.15, 0.2) is 22.8 Å². The summed E-state index contributed by atoms with van der Waals surface area (Å²) < 4.78 is 0. The fourth-order valence-electron chi connectivity index (χ4n) is 2.45. The maximum atomic E-state index is 2.40. The summed E-state index contributed by atoms with van der Waals surface area (Å²) >= 11 is 0. The lowest BCUT2D eigenvalue weighted by Crippen LogP contribution is -2.01. The lowest BCUT2D eigenvalue weighted by Gasteiger charge is -2.18. The fourth-order valence-corrected chi connectivity index (χ4v) is 2.45. The van der Waals surface area contributed by atoms with Gasteiger partial charge in [-0.05, 0) is 44.6 Å². The topological polar surface area (TPSA) is 0 Å². The minimum Gasteiger partial charge on any atom is -0.0699 e. The molecule has 0 saturated heterocycles. The van der Waals surface area contributed by atoms with Gasteiger partial charge in [-0.3, -0.25) is 0 Å². The zero-order chi connectivity index (χ0) is 8.55. The SMILES string of the molecule is CC[C]1C=C(C)C2=C1CCCC2. The maximum Gasteiger partial charge on any atom is 0.0228 e. The van der Waals surface area contributed by atoms with Crippen molar-refractivity contribution in [1.82, 2.24) is 0 Å². The van der Waals surface area contributed by atoms with Crippen LogP contribution in [-0.4, -0.2) is 0 Å². The van der Waals surface area contributed by atoms with Crippen LogP contribution < -0.4 is 0 Å². The monoisotopic (exact) mass is 161 g/mol. The molecule has 0 N–H and O–H groups in total. The highest BCUT2D eigenvalue weighted by Crippen LogP contribution is 2.42. The first-order chi connectivity index (χ1) is 5.83. The molecule has 0 spiro atoms. The average molecular weight is 161 g/mol. The Balaban J connectivity index is 2.29. The standard InChI is InChI=1S/C12H17/c1-3-10-8-9(2)11-6-4-5-7-12(10)11/h8H,3-7H2,1-2H3. The smallest absolute Gasteiger partial charge is 0.0228 e. The van der Waals surface area contributed by atoms with E-state index >= 15 is 0 Å². The molecule has 0 fully saturated rings. The molecule has 0 heteroatoms. The van der Waals surface area contributed by atoms with Gasteiger partial charge in [-0.25, -0.2) is 0 Å². The maximum absolute atomic E-state index is 2.40. The van der Waals surface area contributed by atoms with Gasteiger partial charge in [0.05, 0.1) is 0 Å². The Hall–Kier alpha value is -0.520. The van der Waals surface area contributed by atoms with Crippen molar-refractivity contribution in [1.29, 1.82) is 0 Å². The molecule has 0 saturated carbocycles. The van der Waals surface area contributed by atoms with Crippen LogP contribution >= 0.6 is 0 Å². The van der Waals surface area contributed by atoms with Gasteiger partial charge in [0, 0.05) is 5.92 Å². The first-order valence-corrected chi connectivity index (χ1v) is 5.10. The Bertz CT molecular complexity index is 243. The van der Waals surface area contributed by atoms with Gasteiger partial charge in [-0.2, -0.15) is 0 Å². The van der Waals surface area contributed by atoms with Crippen LogP contribution in [0.3, 0.4) is 0 Å². The first kappa shape index (κ1) is 8.10. The van der Waals surface area contributed by atoms with Gasteiger partial charge in [0.15, 0.2) is 0 Å². The quantitative estimate of drug-likeness (QED) is 0.548. The van der Waals surface area contributed by atoms with Crippen LogP contribution in [0.2, 0.25) is 0 Å². The molecule has 0 aliphatic heterocycles. The Kier molecular flexibility index (Phi) is 2.08. The van der Waals surface area contributed by atoms with E-state index in [1.54, 1.807) is 22.6 Å². The molecule has 0 aromatic carbocycles. The van der Waals surface area contributed by atoms with E-state index in [2.05, 4.69) is 19.9 Å². The summed E-state index contributed by atoms with van der Waals surface area (Å²) in [5.41, 5.74) is 4.92. The van der Waals surface area contributed by atoms with Crippen LogP contribution in [0.5, 0.6) is 0 Å². The molecular formula is C12H17. The van der Waals surface area contributed by atoms with Gasteiger partial charge >= 0.3 is 0 Å². The molecule has 0 atom stereocenters. The van der Waals surface area contributed by atoms with Crippen molar-refractivity contribution in [3.63, 3.8) is 0 Å². The predicted octanol–water partition coefficient (Wildman–Crippen LogP) is 3.80. The van der Waals surface area contributed by atoms with Gasteiger partial charge in [-0.1, -0.05) is 24.1 Å². The molecule has 0 bridgehead atoms. The molecule has 0 aromatic heterocycles. The van der Waals surface area contributed by atoms with Gasteiger partial charge in [0.1, 0.15) is 0 Å². The lowest BCUT2D eigenvalue weighted by atomic mass is 9.87. The summed E-state index contributed by atoms with van der Waals surface area (Å²) in [5.74, 6) is 1.61. The van der Waals surface area contributed by atoms with E-state index in [1.807, 2.05) is 0 Å². The third kappa shape index (κ3) is 1.14. The van der Waals surface area contributed by atoms with Crippen LogP contribution in [0, 0.1) is 5.92 Å². The van der Waals surface area contributed by atoms with Gasteiger partial charge < -0.3 is 0 Å². The minimum atomic E-state index is 1.22. The zero-order valence-electron chi connectivity index (χ0n) is 8.11. The highest BCUT2D eigenvalue weighted by Gasteiger charge is 2.24. The summed E-state index contributed by atoms with van der Waals surface area (Å²) in [6.45, 7) is 4.53. The summed E-state index contributed by atoms with van der Waals surface area (Å²) in [6, 6.07) is 0. The van der Waals surface area contributed by atoms with Gasteiger partial charge in [-0.15, -0.1) is 0 Å². The van der Waals surface area contributed by atoms with Crippen molar-refractivity contribution in [2.24, 2.45) is 0 Å². The van der Waals surface area contributed by atoms with Crippen LogP contribution in [0.25, 0.3) is 0 Å². The van der Waals surface area contributed by atoms with Crippen molar-refractivity contribution in [2.45, 2.75) is 46.0 Å². The normalized spacial score (nSPS) is 24.3. The third-order valence-electron chi connectivity index (χ3n) is 3.10. The molecule has 1 radical (unpaired) electrons. The number of hydrogen-bond donors (Lipinski definition) is 0. The second-order valence-corrected chi connectivity index (χ2v) is 3.87. The molecule has 2 aliphatic carbocycles. The van der Waals surface area contributed by atoms with Crippen LogP contribution in [0.1, 0.15) is 46.0 Å². The molecule has 2 rings (SSSR count). The molecule has 0 heterocycles. The molecule has 0 amide bonds. The second-order valence-electron chi connectivity index (χ2n) is 3.87. The molecule has 12 heavy (non-hydrogen) atoms. The van der Waals surface area contributed by atoms with E-state index in [9.17, 15) is 0 Å². The number of hydrogen-bond acceptors (Lipinski definition) is 0. The highest BCUT2D eigenvalue weighted by atomic mass is 14.3. The second kappa shape index (κ2) is 3.08. The van der Waals surface area contributed by atoms with E-state index < -0.39 is 0 Å². The summed E-state index contributed by atoms with van der Waals surface area (Å²) in [4.78, 5) is 0. The first-order valence-electron chi connectivity index (χ1n) is 5.10. The van der Waals surface area contributed by atoms with Crippen molar-refractivity contribution in [3.05, 3.63) is 28.7 Å². The van der Waals surface area contributed by atoms with Crippen molar-refractivity contribution in [2.75, 3.05) is 0 Å². The predicted molar refractivity (Wildman–Crippen MR) is 52.8 cm³/mol. The van der Waals surface area contributed by atoms with Crippen LogP contribution in [0.4, 0.5) is 0 Å². The lowest BCUT2D eigenvalue weighted by molar-refractivity contribution is 0.676. The van der Waals surface area contributed by atoms with Crippen molar-refractivity contribution in [3.8, 4) is 0 Å². The van der Waals surface area contributed by atoms with E-state index in [4.69, 9.17) is 0 Å². The van der Waals surface area contributed by atoms with Gasteiger partial charge in [0.2, 0.25) is 0 Å². The minimum absolute atomic E-state index is 1.22. The zero-order valence-corrected chi connectivity index (χ0v) is 8.11. The average Bonchev–Trinajstić information content (AvgIpc) is 2.44. The van der Waals surface area contributed by atoms with E-state index in [-0.39, 0.29) is 0 Å². The summed E-state index contributed by atoms with van der Waals surface area (Å²) in [6.07, 6.45) is 9.10. The molecular weight excluding hydrogens is 144 g/mol. The Morgan fingerprint density at radius 1 is 1.17 bits per heavy atom. The van der Waals surface area contributed by atoms with Gasteiger partial charge in [0.25, 0.3) is 0 Å². The molecule has 65 valence electrons. The molecule has 0 unspecified atom stereocenters. The van der Waals surface area contributed by atoms with E-state index in [0.717, 1.165) is 0 Å². The molecule has 2 aliphatic rings. The Morgan fingerprint density at radius 2 is 1.83 bits per heavy atom. The summed E-state index contributed by atoms with van der Waals surface area (Å²) in [5, 5.41) is 0. The number of allylic oxidation sites excluding steroid dienone is 4. The molecule has 0 aromatic rings. The van der Waals surface area contributed by atoms with Crippen molar-refractivity contribution >= 4 is 0 Å².